The third kappa shape index (κ3) is 4.68. The van der Waals surface area contributed by atoms with Gasteiger partial charge in [-0.1, -0.05) is 24.3 Å². The van der Waals surface area contributed by atoms with Crippen LogP contribution < -0.4 is 10.1 Å². The van der Waals surface area contributed by atoms with Gasteiger partial charge in [-0.3, -0.25) is 0 Å². The highest BCUT2D eigenvalue weighted by Gasteiger charge is 2.17. The van der Waals surface area contributed by atoms with Crippen LogP contribution in [0.25, 0.3) is 5.69 Å². The Morgan fingerprint density at radius 3 is 2.50 bits per heavy atom. The second kappa shape index (κ2) is 9.03. The van der Waals surface area contributed by atoms with Crippen molar-refractivity contribution in [2.24, 2.45) is 0 Å². The van der Waals surface area contributed by atoms with Crippen molar-refractivity contribution in [3.05, 3.63) is 72.3 Å². The van der Waals surface area contributed by atoms with Gasteiger partial charge in [0.25, 0.3) is 0 Å². The molecule has 0 saturated heterocycles. The summed E-state index contributed by atoms with van der Waals surface area (Å²) in [6.45, 7) is 2.58. The molecule has 0 aliphatic carbocycles. The summed E-state index contributed by atoms with van der Waals surface area (Å²) in [5, 5.41) is 7.09. The number of ether oxygens (including phenoxy) is 1. The highest BCUT2D eigenvalue weighted by atomic mass is 16.5. The van der Waals surface area contributed by atoms with Gasteiger partial charge in [0.15, 0.2) is 0 Å². The van der Waals surface area contributed by atoms with Crippen LogP contribution in [0.2, 0.25) is 0 Å². The van der Waals surface area contributed by atoms with Crippen molar-refractivity contribution < 1.29 is 9.53 Å². The van der Waals surface area contributed by atoms with Gasteiger partial charge in [0, 0.05) is 13.6 Å². The van der Waals surface area contributed by atoms with E-state index in [1.165, 1.54) is 6.33 Å². The van der Waals surface area contributed by atoms with Gasteiger partial charge in [0.1, 0.15) is 18.4 Å². The highest BCUT2D eigenvalue weighted by Crippen LogP contribution is 2.20. The summed E-state index contributed by atoms with van der Waals surface area (Å²) in [5.74, 6) is 0.830. The van der Waals surface area contributed by atoms with E-state index in [0.717, 1.165) is 29.0 Å². The lowest BCUT2D eigenvalue weighted by atomic mass is 10.1. The average Bonchev–Trinajstić information content (AvgIpc) is 3.28. The van der Waals surface area contributed by atoms with Crippen LogP contribution in [0.5, 0.6) is 5.75 Å². The molecule has 0 spiro atoms. The summed E-state index contributed by atoms with van der Waals surface area (Å²) >= 11 is 0. The normalized spacial score (nSPS) is 11.7. The summed E-state index contributed by atoms with van der Waals surface area (Å²) in [7, 11) is 3.45. The first kappa shape index (κ1) is 19.4. The van der Waals surface area contributed by atoms with Crippen molar-refractivity contribution in [1.29, 1.82) is 0 Å². The molecule has 146 valence electrons. The predicted octanol–water partition coefficient (Wildman–Crippen LogP) is 3.22. The first-order valence-electron chi connectivity index (χ1n) is 9.17. The molecular weight excluding hydrogens is 354 g/mol. The number of hydrogen-bond acceptors (Lipinski definition) is 4. The van der Waals surface area contributed by atoms with Gasteiger partial charge in [0.2, 0.25) is 0 Å². The van der Waals surface area contributed by atoms with Crippen LogP contribution in [0.1, 0.15) is 24.1 Å². The van der Waals surface area contributed by atoms with Crippen molar-refractivity contribution in [1.82, 2.24) is 25.0 Å². The summed E-state index contributed by atoms with van der Waals surface area (Å²) in [5.41, 5.74) is 3.14. The molecule has 0 fully saturated rings. The molecule has 3 rings (SSSR count). The van der Waals surface area contributed by atoms with Gasteiger partial charge in [-0.15, -0.1) is 0 Å². The Morgan fingerprint density at radius 1 is 1.18 bits per heavy atom. The first-order chi connectivity index (χ1) is 13.6. The molecule has 0 radical (unpaired) electrons. The number of carbonyl (C=O) groups is 1. The molecule has 1 aromatic heterocycles. The maximum Gasteiger partial charge on any atom is 0.317 e. The summed E-state index contributed by atoms with van der Waals surface area (Å²) in [4.78, 5) is 18.1. The molecule has 1 atom stereocenters. The number of nitrogens with one attached hydrogen (secondary N) is 1. The number of urea groups is 1. The van der Waals surface area contributed by atoms with Gasteiger partial charge in [-0.2, -0.15) is 5.10 Å². The molecule has 7 nitrogen and oxygen atoms in total. The molecule has 0 bridgehead atoms. The number of benzene rings is 2. The maximum absolute atomic E-state index is 12.5. The van der Waals surface area contributed by atoms with Crippen molar-refractivity contribution >= 4 is 6.03 Å². The number of methoxy groups -OCH3 is 1. The quantitative estimate of drug-likeness (QED) is 0.684. The predicted molar refractivity (Wildman–Crippen MR) is 108 cm³/mol. The first-order valence-corrected chi connectivity index (χ1v) is 9.17. The van der Waals surface area contributed by atoms with Crippen molar-refractivity contribution in [3.63, 3.8) is 0 Å². The Bertz CT molecular complexity index is 876. The van der Waals surface area contributed by atoms with Gasteiger partial charge in [-0.25, -0.2) is 14.5 Å². The minimum absolute atomic E-state index is 0.0502. The number of amides is 2. The second-order valence-corrected chi connectivity index (χ2v) is 6.55. The smallest absolute Gasteiger partial charge is 0.317 e. The standard InChI is InChI=1S/C21H25N5O2/c1-16(18-6-8-19(9-7-18)26-15-22-14-24-26)25(2)21(27)23-13-12-17-4-10-20(28-3)11-5-17/h4-11,14-16H,12-13H2,1-3H3,(H,23,27)/t16-/m0/s1. The fourth-order valence-electron chi connectivity index (χ4n) is 2.88. The zero-order valence-electron chi connectivity index (χ0n) is 16.4. The van der Waals surface area contributed by atoms with Crippen molar-refractivity contribution in [2.45, 2.75) is 19.4 Å². The van der Waals surface area contributed by atoms with E-state index in [1.54, 1.807) is 30.1 Å². The zero-order chi connectivity index (χ0) is 19.9. The number of nitrogens with zero attached hydrogens (tertiary/aromatic N) is 4. The molecule has 2 aromatic carbocycles. The van der Waals surface area contributed by atoms with E-state index in [4.69, 9.17) is 4.74 Å². The third-order valence-corrected chi connectivity index (χ3v) is 4.81. The van der Waals surface area contributed by atoms with Crippen molar-refractivity contribution in [2.75, 3.05) is 20.7 Å². The van der Waals surface area contributed by atoms with Gasteiger partial charge >= 0.3 is 6.03 Å². The fraction of sp³-hybridized carbons (Fsp3) is 0.286. The SMILES string of the molecule is COc1ccc(CCNC(=O)N(C)[C@@H](C)c2ccc(-n3cncn3)cc2)cc1. The van der Waals surface area contributed by atoms with Crippen LogP contribution in [0.3, 0.4) is 0 Å². The fourth-order valence-corrected chi connectivity index (χ4v) is 2.88. The molecule has 0 aliphatic rings. The largest absolute Gasteiger partial charge is 0.497 e. The molecule has 1 N–H and O–H groups in total. The lowest BCUT2D eigenvalue weighted by Crippen LogP contribution is -2.39. The van der Waals surface area contributed by atoms with Crippen LogP contribution in [-0.4, -0.2) is 46.4 Å². The van der Waals surface area contributed by atoms with Crippen LogP contribution in [0.4, 0.5) is 4.79 Å². The minimum Gasteiger partial charge on any atom is -0.497 e. The number of aromatic nitrogens is 3. The van der Waals surface area contributed by atoms with Gasteiger partial charge in [-0.05, 0) is 48.7 Å². The van der Waals surface area contributed by atoms with Crippen LogP contribution in [0.15, 0.2) is 61.2 Å². The van der Waals surface area contributed by atoms with E-state index < -0.39 is 0 Å². The highest BCUT2D eigenvalue weighted by molar-refractivity contribution is 5.74. The number of hydrogen-bond donors (Lipinski definition) is 1. The van der Waals surface area contributed by atoms with Gasteiger partial charge < -0.3 is 15.0 Å². The molecule has 0 saturated carbocycles. The molecule has 0 aliphatic heterocycles. The summed E-state index contributed by atoms with van der Waals surface area (Å²) in [6, 6.07) is 15.7. The average molecular weight is 379 g/mol. The Morgan fingerprint density at radius 2 is 1.89 bits per heavy atom. The molecule has 0 unspecified atom stereocenters. The van der Waals surface area contributed by atoms with E-state index in [9.17, 15) is 4.79 Å². The van der Waals surface area contributed by atoms with E-state index in [-0.39, 0.29) is 12.1 Å². The zero-order valence-corrected chi connectivity index (χ0v) is 16.4. The van der Waals surface area contributed by atoms with E-state index in [2.05, 4.69) is 15.4 Å². The van der Waals surface area contributed by atoms with E-state index in [0.29, 0.717) is 6.54 Å². The lowest BCUT2D eigenvalue weighted by molar-refractivity contribution is 0.194. The Hall–Kier alpha value is -3.35. The molecule has 7 heteroatoms. The minimum atomic E-state index is -0.0960. The number of carbonyl (C=O) groups excluding carboxylic acids is 1. The van der Waals surface area contributed by atoms with E-state index in [1.807, 2.05) is 55.5 Å². The number of rotatable bonds is 7. The topological polar surface area (TPSA) is 72.3 Å². The Balaban J connectivity index is 1.51. The lowest BCUT2D eigenvalue weighted by Gasteiger charge is -2.25. The monoisotopic (exact) mass is 379 g/mol. The second-order valence-electron chi connectivity index (χ2n) is 6.55. The Labute approximate surface area is 165 Å². The summed E-state index contributed by atoms with van der Waals surface area (Å²) < 4.78 is 6.85. The molecule has 1 heterocycles. The molecule has 28 heavy (non-hydrogen) atoms. The van der Waals surface area contributed by atoms with E-state index >= 15 is 0 Å². The van der Waals surface area contributed by atoms with Crippen molar-refractivity contribution in [3.8, 4) is 11.4 Å². The molecule has 2 amide bonds. The van der Waals surface area contributed by atoms with Crippen LogP contribution in [0, 0.1) is 0 Å². The van der Waals surface area contributed by atoms with Crippen LogP contribution >= 0.6 is 0 Å². The van der Waals surface area contributed by atoms with Crippen LogP contribution in [-0.2, 0) is 6.42 Å². The maximum atomic E-state index is 12.5. The molecular formula is C21H25N5O2. The summed E-state index contributed by atoms with van der Waals surface area (Å²) in [6.07, 6.45) is 3.92. The van der Waals surface area contributed by atoms with Gasteiger partial charge in [0.05, 0.1) is 18.8 Å². The third-order valence-electron chi connectivity index (χ3n) is 4.81. The molecule has 3 aromatic rings. The Kier molecular flexibility index (Phi) is 6.26.